The van der Waals surface area contributed by atoms with Gasteiger partial charge in [0.2, 0.25) is 0 Å². The van der Waals surface area contributed by atoms with Crippen molar-refractivity contribution < 1.29 is 18.3 Å². The van der Waals surface area contributed by atoms with Crippen molar-refractivity contribution in [3.63, 3.8) is 0 Å². The molecule has 5 nitrogen and oxygen atoms in total. The van der Waals surface area contributed by atoms with E-state index in [0.29, 0.717) is 26.4 Å². The summed E-state index contributed by atoms with van der Waals surface area (Å²) in [4.78, 5) is 20.4. The number of para-hydroxylation sites is 1. The lowest BCUT2D eigenvalue weighted by Gasteiger charge is -2.08. The summed E-state index contributed by atoms with van der Waals surface area (Å²) in [6.07, 6.45) is 3.00. The lowest BCUT2D eigenvalue weighted by atomic mass is 10.1. The number of nitrogens with one attached hydrogen (secondary N) is 1. The number of nitrogens with zero attached hydrogens (tertiary/aromatic N) is 2. The van der Waals surface area contributed by atoms with Gasteiger partial charge in [-0.3, -0.25) is 15.1 Å². The zero-order valence-electron chi connectivity index (χ0n) is 12.4. The molecule has 0 bridgehead atoms. The third-order valence-corrected chi connectivity index (χ3v) is 4.26. The number of halogens is 3. The highest BCUT2D eigenvalue weighted by atomic mass is 79.9. The zero-order valence-corrected chi connectivity index (χ0v) is 14.9. The highest BCUT2D eigenvalue weighted by Crippen LogP contribution is 2.33. The summed E-state index contributed by atoms with van der Waals surface area (Å²) in [5.41, 5.74) is 1.22. The van der Waals surface area contributed by atoms with Crippen LogP contribution in [0.5, 0.6) is 5.75 Å². The first-order valence-corrected chi connectivity index (χ1v) is 8.62. The van der Waals surface area contributed by atoms with E-state index in [2.05, 4.69) is 36.0 Å². The maximum absolute atomic E-state index is 12.5. The van der Waals surface area contributed by atoms with Crippen molar-refractivity contribution in [3.8, 4) is 17.0 Å². The molecule has 0 radical (unpaired) electrons. The summed E-state index contributed by atoms with van der Waals surface area (Å²) >= 11 is 4.43. The van der Waals surface area contributed by atoms with E-state index >= 15 is 0 Å². The fraction of sp³-hybridized carbons (Fsp3) is 0.0625. The van der Waals surface area contributed by atoms with Crippen molar-refractivity contribution in [3.05, 3.63) is 58.1 Å². The van der Waals surface area contributed by atoms with Crippen molar-refractivity contribution in [2.45, 2.75) is 6.61 Å². The normalized spacial score (nSPS) is 10.7. The van der Waals surface area contributed by atoms with Crippen LogP contribution in [-0.4, -0.2) is 22.5 Å². The number of amides is 1. The molecule has 9 heteroatoms. The van der Waals surface area contributed by atoms with Gasteiger partial charge >= 0.3 is 6.61 Å². The van der Waals surface area contributed by atoms with Crippen LogP contribution in [0.2, 0.25) is 0 Å². The van der Waals surface area contributed by atoms with Crippen LogP contribution < -0.4 is 10.1 Å². The van der Waals surface area contributed by atoms with Crippen LogP contribution >= 0.6 is 27.3 Å². The number of aromatic nitrogens is 2. The molecule has 3 aromatic rings. The van der Waals surface area contributed by atoms with Crippen LogP contribution in [0.1, 0.15) is 10.4 Å². The lowest BCUT2D eigenvalue weighted by molar-refractivity contribution is -0.0494. The first-order valence-electron chi connectivity index (χ1n) is 6.94. The Bertz CT molecular complexity index is 904. The van der Waals surface area contributed by atoms with E-state index < -0.39 is 6.61 Å². The van der Waals surface area contributed by atoms with E-state index in [0.717, 1.165) is 0 Å². The number of hydrogen-bond acceptors (Lipinski definition) is 5. The number of alkyl halides is 2. The van der Waals surface area contributed by atoms with Gasteiger partial charge in [-0.1, -0.05) is 12.1 Å². The molecule has 2 aromatic heterocycles. The fourth-order valence-corrected chi connectivity index (χ4v) is 3.11. The van der Waals surface area contributed by atoms with Crippen LogP contribution in [0.15, 0.2) is 52.6 Å². The maximum Gasteiger partial charge on any atom is 0.387 e. The summed E-state index contributed by atoms with van der Waals surface area (Å²) in [6.45, 7) is -2.93. The van der Waals surface area contributed by atoms with Gasteiger partial charge in [-0.25, -0.2) is 4.98 Å². The topological polar surface area (TPSA) is 64.1 Å². The van der Waals surface area contributed by atoms with E-state index in [1.165, 1.54) is 23.6 Å². The molecule has 0 saturated carbocycles. The van der Waals surface area contributed by atoms with Crippen molar-refractivity contribution in [2.75, 3.05) is 5.32 Å². The predicted octanol–water partition coefficient (Wildman–Crippen LogP) is 4.82. The second-order valence-electron chi connectivity index (χ2n) is 4.76. The molecule has 1 amide bonds. The Balaban J connectivity index is 1.80. The third-order valence-electron chi connectivity index (χ3n) is 3.07. The summed E-state index contributed by atoms with van der Waals surface area (Å²) in [5.74, 6) is -0.344. The molecule has 1 aromatic carbocycles. The van der Waals surface area contributed by atoms with Gasteiger partial charge in [0.05, 0.1) is 11.3 Å². The van der Waals surface area contributed by atoms with Crippen LogP contribution in [-0.2, 0) is 0 Å². The second kappa shape index (κ2) is 7.66. The van der Waals surface area contributed by atoms with Crippen LogP contribution in [0.25, 0.3) is 11.3 Å². The minimum atomic E-state index is -2.93. The molecular weight excluding hydrogens is 416 g/mol. The van der Waals surface area contributed by atoms with Crippen LogP contribution in [0, 0.1) is 0 Å². The van der Waals surface area contributed by atoms with E-state index in [-0.39, 0.29) is 11.7 Å². The maximum atomic E-state index is 12.5. The molecular formula is C16H10BrF2N3O2S. The van der Waals surface area contributed by atoms with Crippen molar-refractivity contribution in [1.82, 2.24) is 9.97 Å². The molecule has 25 heavy (non-hydrogen) atoms. The molecule has 0 aliphatic heterocycles. The number of carbonyl (C=O) groups is 1. The van der Waals surface area contributed by atoms with Gasteiger partial charge in [0.1, 0.15) is 5.75 Å². The van der Waals surface area contributed by atoms with Gasteiger partial charge < -0.3 is 4.74 Å². The van der Waals surface area contributed by atoms with Crippen molar-refractivity contribution in [1.29, 1.82) is 0 Å². The fourth-order valence-electron chi connectivity index (χ4n) is 2.04. The van der Waals surface area contributed by atoms with Gasteiger partial charge in [-0.15, -0.1) is 11.3 Å². The Hall–Kier alpha value is -2.39. The molecule has 0 saturated heterocycles. The number of anilines is 1. The number of pyridine rings is 1. The molecule has 0 spiro atoms. The number of ether oxygens (including phenoxy) is 1. The van der Waals surface area contributed by atoms with E-state index in [9.17, 15) is 13.6 Å². The smallest absolute Gasteiger partial charge is 0.387 e. The van der Waals surface area contributed by atoms with Gasteiger partial charge in [0.15, 0.2) is 5.13 Å². The zero-order chi connectivity index (χ0) is 17.8. The molecule has 0 aliphatic carbocycles. The molecule has 0 atom stereocenters. The quantitative estimate of drug-likeness (QED) is 0.636. The molecule has 3 rings (SSSR count). The van der Waals surface area contributed by atoms with Gasteiger partial charge in [-0.2, -0.15) is 8.78 Å². The Kier molecular flexibility index (Phi) is 5.34. The molecule has 1 N–H and O–H groups in total. The third kappa shape index (κ3) is 4.37. The molecule has 0 aliphatic rings. The first kappa shape index (κ1) is 17.4. The van der Waals surface area contributed by atoms with Gasteiger partial charge in [0.25, 0.3) is 5.91 Å². The largest absolute Gasteiger partial charge is 0.434 e. The molecule has 0 unspecified atom stereocenters. The SMILES string of the molecule is O=C(Nc1nc(-c2ccccc2OC(F)F)cs1)c1cncc(Br)c1. The summed E-state index contributed by atoms with van der Waals surface area (Å²) in [7, 11) is 0. The van der Waals surface area contributed by atoms with Gasteiger partial charge in [0, 0.05) is 27.8 Å². The Morgan fingerprint density at radius 1 is 1.28 bits per heavy atom. The number of benzene rings is 1. The standard InChI is InChI=1S/C16H10BrF2N3O2S/c17-10-5-9(6-20-7-10)14(23)22-16-21-12(8-25-16)11-3-1-2-4-13(11)24-15(18)19/h1-8,15H,(H,21,22,23). The van der Waals surface area contributed by atoms with E-state index in [1.807, 2.05) is 0 Å². The summed E-state index contributed by atoms with van der Waals surface area (Å²) < 4.78 is 30.2. The number of rotatable bonds is 5. The molecule has 0 fully saturated rings. The van der Waals surface area contributed by atoms with Crippen LogP contribution in [0.4, 0.5) is 13.9 Å². The average Bonchev–Trinajstić information content (AvgIpc) is 3.03. The summed E-state index contributed by atoms with van der Waals surface area (Å²) in [5, 5.41) is 4.65. The number of carbonyl (C=O) groups excluding carboxylic acids is 1. The Labute approximate surface area is 153 Å². The van der Waals surface area contributed by atoms with Crippen molar-refractivity contribution in [2.24, 2.45) is 0 Å². The predicted molar refractivity (Wildman–Crippen MR) is 94.1 cm³/mol. The lowest BCUT2D eigenvalue weighted by Crippen LogP contribution is -2.12. The second-order valence-corrected chi connectivity index (χ2v) is 6.53. The minimum absolute atomic E-state index is 0.0249. The first-order chi connectivity index (χ1) is 12.0. The Morgan fingerprint density at radius 2 is 2.08 bits per heavy atom. The summed E-state index contributed by atoms with van der Waals surface area (Å²) in [6, 6.07) is 7.97. The van der Waals surface area contributed by atoms with Crippen LogP contribution in [0.3, 0.4) is 0 Å². The van der Waals surface area contributed by atoms with Crippen molar-refractivity contribution >= 4 is 38.3 Å². The number of thiazole rings is 1. The molecule has 128 valence electrons. The minimum Gasteiger partial charge on any atom is -0.434 e. The monoisotopic (exact) mass is 425 g/mol. The van der Waals surface area contributed by atoms with Gasteiger partial charge in [-0.05, 0) is 34.1 Å². The number of hydrogen-bond donors (Lipinski definition) is 1. The molecule has 2 heterocycles. The van der Waals surface area contributed by atoms with E-state index in [1.54, 1.807) is 35.8 Å². The Morgan fingerprint density at radius 3 is 2.84 bits per heavy atom. The van der Waals surface area contributed by atoms with E-state index in [4.69, 9.17) is 0 Å². The highest BCUT2D eigenvalue weighted by molar-refractivity contribution is 9.10. The highest BCUT2D eigenvalue weighted by Gasteiger charge is 2.15. The average molecular weight is 426 g/mol.